The van der Waals surface area contributed by atoms with Crippen LogP contribution in [0.4, 0.5) is 0 Å². The third-order valence-electron chi connectivity index (χ3n) is 8.24. The number of hydrogen-bond acceptors (Lipinski definition) is 4. The van der Waals surface area contributed by atoms with Crippen LogP contribution in [0.1, 0.15) is 0 Å². The second-order valence-electron chi connectivity index (χ2n) is 10.9. The number of fused-ring (bicyclic) bond motifs is 2. The molecule has 4 nitrogen and oxygen atoms in total. The van der Waals surface area contributed by atoms with Gasteiger partial charge in [0.15, 0.2) is 17.5 Å². The Morgan fingerprint density at radius 2 is 0.932 bits per heavy atom. The first kappa shape index (κ1) is 24.9. The molecule has 5 heteroatoms. The van der Waals surface area contributed by atoms with Gasteiger partial charge in [-0.3, -0.25) is 0 Å². The van der Waals surface area contributed by atoms with Crippen molar-refractivity contribution in [2.24, 2.45) is 0 Å². The zero-order valence-corrected chi connectivity index (χ0v) is 24.4. The fraction of sp³-hybridized carbons (Fsp3) is 0. The molecule has 0 aliphatic rings. The van der Waals surface area contributed by atoms with Gasteiger partial charge >= 0.3 is 0 Å². The van der Waals surface area contributed by atoms with E-state index in [9.17, 15) is 0 Å². The van der Waals surface area contributed by atoms with E-state index in [0.29, 0.717) is 17.5 Å². The van der Waals surface area contributed by atoms with Crippen LogP contribution < -0.4 is 0 Å². The van der Waals surface area contributed by atoms with Crippen LogP contribution in [0.3, 0.4) is 0 Å². The molecule has 3 aromatic heterocycles. The average molecular weight is 581 g/mol. The van der Waals surface area contributed by atoms with E-state index in [4.69, 9.17) is 15.0 Å². The Bertz CT molecular complexity index is 2440. The average Bonchev–Trinajstić information content (AvgIpc) is 3.36. The van der Waals surface area contributed by atoms with Gasteiger partial charge in [-0.1, -0.05) is 109 Å². The molecule has 3 heterocycles. The van der Waals surface area contributed by atoms with Gasteiger partial charge in [-0.25, -0.2) is 15.0 Å². The molecule has 0 N–H and O–H groups in total. The maximum absolute atomic E-state index is 4.99. The van der Waals surface area contributed by atoms with Crippen LogP contribution in [0.25, 0.3) is 81.8 Å². The normalized spacial score (nSPS) is 11.6. The number of aromatic nitrogens is 4. The molecular weight excluding hydrogens is 557 g/mol. The lowest BCUT2D eigenvalue weighted by Gasteiger charge is -2.12. The molecule has 0 radical (unpaired) electrons. The van der Waals surface area contributed by atoms with Crippen LogP contribution in [-0.4, -0.2) is 19.5 Å². The molecule has 0 aliphatic heterocycles. The second kappa shape index (κ2) is 9.97. The SMILES string of the molecule is c1ccc(-c2nc(-c3ccccc3)nc(-c3cccc(-n4c5cccc6sc7ccccc7c7cccc4c7c65)c3)n2)cc1. The van der Waals surface area contributed by atoms with Crippen molar-refractivity contribution < 1.29 is 0 Å². The fourth-order valence-corrected chi connectivity index (χ4v) is 7.41. The summed E-state index contributed by atoms with van der Waals surface area (Å²) < 4.78 is 4.94. The van der Waals surface area contributed by atoms with Gasteiger partial charge in [-0.15, -0.1) is 11.3 Å². The van der Waals surface area contributed by atoms with Crippen LogP contribution >= 0.6 is 11.3 Å². The van der Waals surface area contributed by atoms with Crippen molar-refractivity contribution in [3.05, 3.63) is 146 Å². The predicted molar refractivity (Wildman–Crippen MR) is 183 cm³/mol. The minimum atomic E-state index is 0.646. The van der Waals surface area contributed by atoms with Crippen LogP contribution in [0.5, 0.6) is 0 Å². The van der Waals surface area contributed by atoms with E-state index in [2.05, 4.69) is 89.5 Å². The van der Waals surface area contributed by atoms with Gasteiger partial charge in [0.25, 0.3) is 0 Å². The van der Waals surface area contributed by atoms with Crippen molar-refractivity contribution >= 4 is 53.3 Å². The minimum absolute atomic E-state index is 0.646. The lowest BCUT2D eigenvalue weighted by molar-refractivity contribution is 1.07. The van der Waals surface area contributed by atoms with E-state index < -0.39 is 0 Å². The lowest BCUT2D eigenvalue weighted by Crippen LogP contribution is -2.01. The molecule has 9 rings (SSSR count). The summed E-state index contributed by atoms with van der Waals surface area (Å²) in [5.41, 5.74) is 6.29. The summed E-state index contributed by atoms with van der Waals surface area (Å²) in [6.45, 7) is 0. The van der Waals surface area contributed by atoms with E-state index in [-0.39, 0.29) is 0 Å². The first-order valence-corrected chi connectivity index (χ1v) is 15.4. The first-order chi connectivity index (χ1) is 21.8. The Morgan fingerprint density at radius 3 is 1.66 bits per heavy atom. The summed E-state index contributed by atoms with van der Waals surface area (Å²) in [5, 5.41) is 5.13. The highest BCUT2D eigenvalue weighted by Gasteiger charge is 2.19. The zero-order chi connectivity index (χ0) is 29.0. The molecular formula is C39H24N4S. The third kappa shape index (κ3) is 3.94. The Labute approximate surface area is 257 Å². The van der Waals surface area contributed by atoms with E-state index >= 15 is 0 Å². The topological polar surface area (TPSA) is 43.6 Å². The minimum Gasteiger partial charge on any atom is -0.309 e. The van der Waals surface area contributed by atoms with Crippen molar-refractivity contribution in [2.45, 2.75) is 0 Å². The number of nitrogens with zero attached hydrogens (tertiary/aromatic N) is 4. The summed E-state index contributed by atoms with van der Waals surface area (Å²) in [6, 6.07) is 50.8. The van der Waals surface area contributed by atoms with Gasteiger partial charge in [-0.2, -0.15) is 0 Å². The second-order valence-corrected chi connectivity index (χ2v) is 12.0. The fourth-order valence-electron chi connectivity index (χ4n) is 6.28. The molecule has 0 saturated heterocycles. The third-order valence-corrected chi connectivity index (χ3v) is 9.37. The van der Waals surface area contributed by atoms with E-state index in [1.165, 1.54) is 42.0 Å². The van der Waals surface area contributed by atoms with Crippen LogP contribution in [0, 0.1) is 0 Å². The van der Waals surface area contributed by atoms with E-state index in [1.807, 2.05) is 72.0 Å². The summed E-state index contributed by atoms with van der Waals surface area (Å²) >= 11 is 1.85. The van der Waals surface area contributed by atoms with Crippen molar-refractivity contribution in [2.75, 3.05) is 0 Å². The number of rotatable bonds is 4. The molecule has 206 valence electrons. The molecule has 0 saturated carbocycles. The number of benzene rings is 6. The molecule has 0 bridgehead atoms. The molecule has 6 aromatic carbocycles. The predicted octanol–water partition coefficient (Wildman–Crippen LogP) is 10.3. The quantitative estimate of drug-likeness (QED) is 0.208. The smallest absolute Gasteiger partial charge is 0.164 e. The van der Waals surface area contributed by atoms with Gasteiger partial charge in [-0.05, 0) is 47.2 Å². The summed E-state index contributed by atoms with van der Waals surface area (Å²) in [6.07, 6.45) is 0. The summed E-state index contributed by atoms with van der Waals surface area (Å²) in [7, 11) is 0. The molecule has 0 unspecified atom stereocenters. The molecule has 44 heavy (non-hydrogen) atoms. The van der Waals surface area contributed by atoms with Crippen LogP contribution in [0.15, 0.2) is 146 Å². The van der Waals surface area contributed by atoms with Crippen molar-refractivity contribution in [3.63, 3.8) is 0 Å². The molecule has 0 amide bonds. The maximum atomic E-state index is 4.99. The van der Waals surface area contributed by atoms with E-state index in [0.717, 1.165) is 22.4 Å². The largest absolute Gasteiger partial charge is 0.309 e. The highest BCUT2D eigenvalue weighted by Crippen LogP contribution is 2.42. The monoisotopic (exact) mass is 580 g/mol. The summed E-state index contributed by atoms with van der Waals surface area (Å²) in [4.78, 5) is 14.9. The van der Waals surface area contributed by atoms with Crippen molar-refractivity contribution in [1.29, 1.82) is 0 Å². The molecule has 0 spiro atoms. The highest BCUT2D eigenvalue weighted by atomic mass is 32.1. The van der Waals surface area contributed by atoms with Gasteiger partial charge in [0.2, 0.25) is 0 Å². The lowest BCUT2D eigenvalue weighted by atomic mass is 10.1. The summed E-state index contributed by atoms with van der Waals surface area (Å²) in [5.74, 6) is 1.96. The molecule has 0 atom stereocenters. The standard InChI is InChI=1S/C39H24N4S/c1-3-12-25(13-4-1)37-40-38(26-14-5-2-6-15-26)42-39(41-37)27-16-9-17-28(24-27)43-31-20-10-19-30-29-18-7-8-22-33(29)44-34-23-11-21-32(43)36(34)35(30)31/h1-24H. The molecule has 0 fully saturated rings. The van der Waals surface area contributed by atoms with Crippen LogP contribution in [-0.2, 0) is 0 Å². The molecule has 0 aliphatic carbocycles. The van der Waals surface area contributed by atoms with E-state index in [1.54, 1.807) is 0 Å². The maximum Gasteiger partial charge on any atom is 0.164 e. The Hall–Kier alpha value is -5.65. The Kier molecular flexibility index (Phi) is 5.64. The van der Waals surface area contributed by atoms with Gasteiger partial charge in [0.1, 0.15) is 0 Å². The molecule has 9 aromatic rings. The first-order valence-electron chi connectivity index (χ1n) is 14.6. The van der Waals surface area contributed by atoms with Gasteiger partial charge < -0.3 is 4.57 Å². The Balaban J connectivity index is 1.30. The van der Waals surface area contributed by atoms with Crippen LogP contribution in [0.2, 0.25) is 0 Å². The van der Waals surface area contributed by atoms with Crippen molar-refractivity contribution in [3.8, 4) is 39.9 Å². The van der Waals surface area contributed by atoms with Crippen molar-refractivity contribution in [1.82, 2.24) is 19.5 Å². The van der Waals surface area contributed by atoms with Gasteiger partial charge in [0, 0.05) is 42.6 Å². The highest BCUT2D eigenvalue weighted by molar-refractivity contribution is 7.24. The zero-order valence-electron chi connectivity index (χ0n) is 23.6. The number of hydrogen-bond donors (Lipinski definition) is 0. The Morgan fingerprint density at radius 1 is 0.409 bits per heavy atom. The van der Waals surface area contributed by atoms with Gasteiger partial charge in [0.05, 0.1) is 11.0 Å².